The van der Waals surface area contributed by atoms with Crippen LogP contribution in [0.4, 0.5) is 0 Å². The van der Waals surface area contributed by atoms with Crippen LogP contribution in [-0.2, 0) is 17.6 Å². The normalized spacial score (nSPS) is 18.9. The summed E-state index contributed by atoms with van der Waals surface area (Å²) in [7, 11) is 1.65. The molecule has 0 fully saturated rings. The number of carbonyl (C=O) groups is 1. The zero-order valence-electron chi connectivity index (χ0n) is 9.40. The molecule has 1 N–H and O–H groups in total. The molecule has 0 bridgehead atoms. The van der Waals surface area contributed by atoms with Crippen LogP contribution in [0.3, 0.4) is 0 Å². The first-order valence-corrected chi connectivity index (χ1v) is 5.56. The third-order valence-electron chi connectivity index (χ3n) is 3.21. The lowest BCUT2D eigenvalue weighted by Crippen LogP contribution is -2.17. The maximum Gasteiger partial charge on any atom is 0.303 e. The molecule has 0 heterocycles. The number of carboxylic acid groups (broad SMARTS) is 1. The Labute approximate surface area is 95.0 Å². The molecule has 86 valence electrons. The lowest BCUT2D eigenvalue weighted by molar-refractivity contribution is -0.138. The lowest BCUT2D eigenvalue weighted by atomic mass is 9.82. The van der Waals surface area contributed by atoms with Gasteiger partial charge in [0.05, 0.1) is 7.11 Å². The van der Waals surface area contributed by atoms with Crippen LogP contribution in [0, 0.1) is 5.92 Å². The monoisotopic (exact) mass is 220 g/mol. The van der Waals surface area contributed by atoms with E-state index in [0.29, 0.717) is 0 Å². The van der Waals surface area contributed by atoms with Crippen LogP contribution in [-0.4, -0.2) is 18.2 Å². The van der Waals surface area contributed by atoms with E-state index >= 15 is 0 Å². The van der Waals surface area contributed by atoms with Gasteiger partial charge in [-0.25, -0.2) is 0 Å². The predicted octanol–water partition coefficient (Wildman–Crippen LogP) is 2.27. The van der Waals surface area contributed by atoms with Crippen molar-refractivity contribution in [2.24, 2.45) is 5.92 Å². The van der Waals surface area contributed by atoms with Gasteiger partial charge in [-0.1, -0.05) is 6.07 Å². The summed E-state index contributed by atoms with van der Waals surface area (Å²) >= 11 is 0. The van der Waals surface area contributed by atoms with E-state index in [1.54, 1.807) is 7.11 Å². The summed E-state index contributed by atoms with van der Waals surface area (Å²) in [6, 6.07) is 6.09. The van der Waals surface area contributed by atoms with E-state index in [1.807, 2.05) is 12.1 Å². The van der Waals surface area contributed by atoms with Crippen LogP contribution in [0.15, 0.2) is 18.2 Å². The Morgan fingerprint density at radius 1 is 1.50 bits per heavy atom. The van der Waals surface area contributed by atoms with Gasteiger partial charge in [0.2, 0.25) is 0 Å². The molecule has 1 aromatic rings. The Kier molecular flexibility index (Phi) is 3.13. The summed E-state index contributed by atoms with van der Waals surface area (Å²) in [6.07, 6.45) is 3.10. The van der Waals surface area contributed by atoms with Crippen LogP contribution < -0.4 is 4.74 Å². The van der Waals surface area contributed by atoms with Gasteiger partial charge >= 0.3 is 5.97 Å². The number of ether oxygens (including phenoxy) is 1. The van der Waals surface area contributed by atoms with Crippen molar-refractivity contribution in [2.45, 2.75) is 25.7 Å². The summed E-state index contributed by atoms with van der Waals surface area (Å²) < 4.78 is 5.18. The highest BCUT2D eigenvalue weighted by Gasteiger charge is 2.21. The van der Waals surface area contributed by atoms with Crippen LogP contribution in [0.2, 0.25) is 0 Å². The van der Waals surface area contributed by atoms with Gasteiger partial charge in [-0.05, 0) is 48.4 Å². The largest absolute Gasteiger partial charge is 0.497 e. The molecule has 1 unspecified atom stereocenters. The van der Waals surface area contributed by atoms with Gasteiger partial charge in [0.1, 0.15) is 5.75 Å². The number of aryl methyl sites for hydroxylation is 1. The van der Waals surface area contributed by atoms with Crippen molar-refractivity contribution in [3.05, 3.63) is 29.3 Å². The highest BCUT2D eigenvalue weighted by atomic mass is 16.5. The average molecular weight is 220 g/mol. The predicted molar refractivity (Wildman–Crippen MR) is 60.8 cm³/mol. The van der Waals surface area contributed by atoms with E-state index in [9.17, 15) is 4.79 Å². The van der Waals surface area contributed by atoms with Gasteiger partial charge < -0.3 is 9.84 Å². The van der Waals surface area contributed by atoms with Gasteiger partial charge in [-0.2, -0.15) is 0 Å². The van der Waals surface area contributed by atoms with Crippen LogP contribution in [0.5, 0.6) is 5.75 Å². The SMILES string of the molecule is COc1ccc2c(c1)CC(CC(=O)O)CC2. The molecule has 0 aromatic heterocycles. The van der Waals surface area contributed by atoms with Crippen molar-refractivity contribution in [3.8, 4) is 5.75 Å². The number of benzene rings is 1. The number of carboxylic acids is 1. The fourth-order valence-corrected chi connectivity index (χ4v) is 2.36. The number of fused-ring (bicyclic) bond motifs is 1. The zero-order valence-corrected chi connectivity index (χ0v) is 9.40. The summed E-state index contributed by atoms with van der Waals surface area (Å²) in [5, 5.41) is 8.79. The van der Waals surface area contributed by atoms with Gasteiger partial charge in [0.25, 0.3) is 0 Å². The van der Waals surface area contributed by atoms with Gasteiger partial charge in [-0.3, -0.25) is 4.79 Å². The number of rotatable bonds is 3. The maximum atomic E-state index is 10.7. The molecule has 0 spiro atoms. The fourth-order valence-electron chi connectivity index (χ4n) is 2.36. The van der Waals surface area contributed by atoms with Crippen LogP contribution in [0.1, 0.15) is 24.0 Å². The van der Waals surface area contributed by atoms with Gasteiger partial charge in [-0.15, -0.1) is 0 Å². The molecule has 0 saturated carbocycles. The summed E-state index contributed by atoms with van der Waals surface area (Å²) in [5.74, 6) is 0.433. The van der Waals surface area contributed by atoms with E-state index in [-0.39, 0.29) is 12.3 Å². The molecule has 16 heavy (non-hydrogen) atoms. The van der Waals surface area contributed by atoms with Crippen LogP contribution >= 0.6 is 0 Å². The zero-order chi connectivity index (χ0) is 11.5. The number of hydrogen-bond acceptors (Lipinski definition) is 2. The van der Waals surface area contributed by atoms with E-state index in [2.05, 4.69) is 6.07 Å². The summed E-state index contributed by atoms with van der Waals surface area (Å²) in [4.78, 5) is 10.7. The second-order valence-corrected chi connectivity index (χ2v) is 4.34. The minimum Gasteiger partial charge on any atom is -0.497 e. The number of hydrogen-bond donors (Lipinski definition) is 1. The molecule has 3 nitrogen and oxygen atoms in total. The smallest absolute Gasteiger partial charge is 0.303 e. The van der Waals surface area contributed by atoms with Gasteiger partial charge in [0.15, 0.2) is 0 Å². The molecule has 1 aromatic carbocycles. The summed E-state index contributed by atoms with van der Waals surface area (Å²) in [6.45, 7) is 0. The molecule has 0 aliphatic heterocycles. The third-order valence-corrected chi connectivity index (χ3v) is 3.21. The Morgan fingerprint density at radius 2 is 2.31 bits per heavy atom. The van der Waals surface area contributed by atoms with Crippen molar-refractivity contribution in [3.63, 3.8) is 0 Å². The Balaban J connectivity index is 2.14. The Bertz CT molecular complexity index is 398. The molecule has 1 aliphatic rings. The molecular weight excluding hydrogens is 204 g/mol. The second-order valence-electron chi connectivity index (χ2n) is 4.34. The third kappa shape index (κ3) is 2.35. The van der Waals surface area contributed by atoms with E-state index < -0.39 is 5.97 Å². The number of aliphatic carboxylic acids is 1. The molecule has 2 rings (SSSR count). The minimum atomic E-state index is -0.698. The van der Waals surface area contributed by atoms with E-state index in [4.69, 9.17) is 9.84 Å². The van der Waals surface area contributed by atoms with Crippen molar-refractivity contribution < 1.29 is 14.6 Å². The van der Waals surface area contributed by atoms with E-state index in [1.165, 1.54) is 11.1 Å². The Morgan fingerprint density at radius 3 is 3.00 bits per heavy atom. The topological polar surface area (TPSA) is 46.5 Å². The molecule has 0 radical (unpaired) electrons. The molecule has 3 heteroatoms. The minimum absolute atomic E-state index is 0.274. The number of methoxy groups -OCH3 is 1. The highest BCUT2D eigenvalue weighted by molar-refractivity contribution is 5.67. The fraction of sp³-hybridized carbons (Fsp3) is 0.462. The quantitative estimate of drug-likeness (QED) is 0.850. The van der Waals surface area contributed by atoms with E-state index in [0.717, 1.165) is 25.0 Å². The highest BCUT2D eigenvalue weighted by Crippen LogP contribution is 2.30. The maximum absolute atomic E-state index is 10.7. The first-order valence-electron chi connectivity index (χ1n) is 5.56. The molecule has 1 atom stereocenters. The molecular formula is C13H16O3. The Hall–Kier alpha value is -1.51. The lowest BCUT2D eigenvalue weighted by Gasteiger charge is -2.23. The standard InChI is InChI=1S/C13H16O3/c1-16-12-5-4-10-3-2-9(7-13(14)15)6-11(10)8-12/h4-5,8-9H,2-3,6-7H2,1H3,(H,14,15). The molecule has 0 saturated heterocycles. The molecule has 1 aliphatic carbocycles. The van der Waals surface area contributed by atoms with Crippen LogP contribution in [0.25, 0.3) is 0 Å². The van der Waals surface area contributed by atoms with Crippen molar-refractivity contribution in [1.29, 1.82) is 0 Å². The first kappa shape index (κ1) is 11.0. The van der Waals surface area contributed by atoms with Crippen molar-refractivity contribution in [1.82, 2.24) is 0 Å². The molecule has 0 amide bonds. The average Bonchev–Trinajstić information content (AvgIpc) is 2.27. The van der Waals surface area contributed by atoms with Crippen molar-refractivity contribution >= 4 is 5.97 Å². The second kappa shape index (κ2) is 4.56. The summed E-state index contributed by atoms with van der Waals surface area (Å²) in [5.41, 5.74) is 2.58. The first-order chi connectivity index (χ1) is 7.69. The van der Waals surface area contributed by atoms with Gasteiger partial charge in [0, 0.05) is 6.42 Å². The van der Waals surface area contributed by atoms with Crippen molar-refractivity contribution in [2.75, 3.05) is 7.11 Å².